The Labute approximate surface area is 180 Å². The van der Waals surface area contributed by atoms with Crippen LogP contribution < -0.4 is 10.5 Å². The topological polar surface area (TPSA) is 89.0 Å². The highest BCUT2D eigenvalue weighted by Crippen LogP contribution is 2.23. The number of likely N-dealkylation sites (N-methyl/N-ethyl adjacent to an activating group) is 1. The van der Waals surface area contributed by atoms with E-state index < -0.39 is 0 Å². The van der Waals surface area contributed by atoms with Gasteiger partial charge in [0.05, 0.1) is 17.8 Å². The first-order valence-corrected chi connectivity index (χ1v) is 10.5. The Hall–Kier alpha value is -3.45. The second-order valence-corrected chi connectivity index (χ2v) is 7.83. The maximum Gasteiger partial charge on any atom is 0.258 e. The summed E-state index contributed by atoms with van der Waals surface area (Å²) in [5.74, 6) is -0.144. The van der Waals surface area contributed by atoms with Gasteiger partial charge in [-0.3, -0.25) is 24.5 Å². The van der Waals surface area contributed by atoms with Gasteiger partial charge in [-0.2, -0.15) is 0 Å². The van der Waals surface area contributed by atoms with Gasteiger partial charge >= 0.3 is 0 Å². The van der Waals surface area contributed by atoms with Gasteiger partial charge in [0, 0.05) is 29.7 Å². The number of piperidine rings is 1. The number of hydrogen-bond donors (Lipinski definition) is 2. The second-order valence-electron chi connectivity index (χ2n) is 7.83. The molecule has 7 nitrogen and oxygen atoms in total. The highest BCUT2D eigenvalue weighted by Gasteiger charge is 2.17. The molecular formula is C24H26N4O3. The van der Waals surface area contributed by atoms with Gasteiger partial charge in [0.1, 0.15) is 0 Å². The molecule has 2 heterocycles. The molecule has 31 heavy (non-hydrogen) atoms. The largest absolute Gasteiger partial charge is 0.494 e. The predicted molar refractivity (Wildman–Crippen MR) is 124 cm³/mol. The lowest BCUT2D eigenvalue weighted by Gasteiger charge is -2.28. The maximum atomic E-state index is 12.6. The normalized spacial score (nSPS) is 14.9. The van der Waals surface area contributed by atoms with Gasteiger partial charge in [0.2, 0.25) is 11.8 Å². The lowest BCUT2D eigenvalue weighted by atomic mass is 10.1. The number of pyridine rings is 1. The highest BCUT2D eigenvalue weighted by atomic mass is 16.3. The number of anilines is 1. The molecule has 0 radical (unpaired) electrons. The summed E-state index contributed by atoms with van der Waals surface area (Å²) in [4.78, 5) is 35.4. The van der Waals surface area contributed by atoms with Crippen LogP contribution in [0.1, 0.15) is 24.8 Å². The summed E-state index contributed by atoms with van der Waals surface area (Å²) in [5.41, 5.74) is 1.59. The van der Waals surface area contributed by atoms with E-state index in [1.807, 2.05) is 30.3 Å². The molecule has 1 aliphatic rings. The monoisotopic (exact) mass is 418 g/mol. The number of benzene rings is 2. The first kappa shape index (κ1) is 20.8. The van der Waals surface area contributed by atoms with Crippen LogP contribution in [-0.2, 0) is 4.79 Å². The number of aromatic hydroxyl groups is 1. The average molecular weight is 418 g/mol. The minimum atomic E-state index is -0.341. The van der Waals surface area contributed by atoms with Crippen molar-refractivity contribution in [3.05, 3.63) is 64.4 Å². The molecule has 7 heteroatoms. The van der Waals surface area contributed by atoms with Crippen LogP contribution in [0.5, 0.6) is 5.88 Å². The summed E-state index contributed by atoms with van der Waals surface area (Å²) < 4.78 is 0. The zero-order valence-corrected chi connectivity index (χ0v) is 17.5. The maximum absolute atomic E-state index is 12.6. The van der Waals surface area contributed by atoms with Crippen LogP contribution in [0.15, 0.2) is 58.3 Å². The fourth-order valence-corrected chi connectivity index (χ4v) is 3.88. The van der Waals surface area contributed by atoms with E-state index in [1.165, 1.54) is 12.6 Å². The molecule has 4 rings (SSSR count). The molecule has 2 N–H and O–H groups in total. The summed E-state index contributed by atoms with van der Waals surface area (Å²) in [7, 11) is 1.79. The van der Waals surface area contributed by atoms with E-state index in [0.717, 1.165) is 31.6 Å². The quantitative estimate of drug-likeness (QED) is 0.621. The van der Waals surface area contributed by atoms with E-state index in [2.05, 4.69) is 14.9 Å². The van der Waals surface area contributed by atoms with Gasteiger partial charge in [0.15, 0.2) is 0 Å². The van der Waals surface area contributed by atoms with Crippen molar-refractivity contribution < 1.29 is 9.90 Å². The molecule has 0 atom stereocenters. The number of fused-ring (bicyclic) bond motifs is 1. The van der Waals surface area contributed by atoms with Gasteiger partial charge in [0.25, 0.3) is 5.56 Å². The molecule has 1 aliphatic heterocycles. The third-order valence-corrected chi connectivity index (χ3v) is 5.71. The Bertz CT molecular complexity index is 1160. The van der Waals surface area contributed by atoms with Crippen LogP contribution in [0.25, 0.3) is 10.8 Å². The van der Waals surface area contributed by atoms with Gasteiger partial charge < -0.3 is 10.0 Å². The van der Waals surface area contributed by atoms with Gasteiger partial charge in [-0.1, -0.05) is 24.6 Å². The van der Waals surface area contributed by atoms with Crippen LogP contribution in [-0.4, -0.2) is 53.8 Å². The molecular weight excluding hydrogens is 392 g/mol. The zero-order chi connectivity index (χ0) is 21.8. The Balaban J connectivity index is 1.49. The minimum absolute atomic E-state index is 0.0720. The number of aliphatic imine (C=N–C) groups is 1. The van der Waals surface area contributed by atoms with E-state index in [4.69, 9.17) is 0 Å². The number of hydrogen-bond acceptors (Lipinski definition) is 5. The first-order chi connectivity index (χ1) is 15.0. The molecule has 2 aromatic carbocycles. The fourth-order valence-electron chi connectivity index (χ4n) is 3.88. The molecule has 160 valence electrons. The molecule has 1 fully saturated rings. The van der Waals surface area contributed by atoms with Gasteiger partial charge in [-0.05, 0) is 56.3 Å². The Morgan fingerprint density at radius 3 is 2.48 bits per heavy atom. The number of aromatic amines is 1. The van der Waals surface area contributed by atoms with E-state index in [-0.39, 0.29) is 17.3 Å². The third kappa shape index (κ3) is 4.67. The minimum Gasteiger partial charge on any atom is -0.494 e. The van der Waals surface area contributed by atoms with E-state index in [0.29, 0.717) is 28.6 Å². The van der Waals surface area contributed by atoms with Crippen molar-refractivity contribution in [3.63, 3.8) is 0 Å². The highest BCUT2D eigenvalue weighted by molar-refractivity contribution is 6.02. The number of nitrogens with zero attached hydrogens (tertiary/aromatic N) is 3. The summed E-state index contributed by atoms with van der Waals surface area (Å²) in [6.45, 7) is 2.41. The van der Waals surface area contributed by atoms with E-state index >= 15 is 0 Å². The number of amides is 1. The van der Waals surface area contributed by atoms with Crippen molar-refractivity contribution in [2.75, 3.05) is 31.6 Å². The van der Waals surface area contributed by atoms with Crippen LogP contribution in [0.2, 0.25) is 0 Å². The van der Waals surface area contributed by atoms with Crippen molar-refractivity contribution in [3.8, 4) is 5.88 Å². The lowest BCUT2D eigenvalue weighted by Crippen LogP contribution is -2.40. The molecule has 1 saturated heterocycles. The molecule has 0 bridgehead atoms. The van der Waals surface area contributed by atoms with E-state index in [1.54, 1.807) is 30.1 Å². The summed E-state index contributed by atoms with van der Waals surface area (Å²) in [6, 6.07) is 14.4. The Morgan fingerprint density at radius 1 is 1.10 bits per heavy atom. The number of nitrogens with one attached hydrogen (secondary N) is 1. The lowest BCUT2D eigenvalue weighted by molar-refractivity contribution is -0.119. The first-order valence-electron chi connectivity index (χ1n) is 10.5. The second kappa shape index (κ2) is 9.14. The van der Waals surface area contributed by atoms with Crippen molar-refractivity contribution >= 4 is 34.3 Å². The predicted octanol–water partition coefficient (Wildman–Crippen LogP) is 3.43. The average Bonchev–Trinajstić information content (AvgIpc) is 2.79. The summed E-state index contributed by atoms with van der Waals surface area (Å²) >= 11 is 0. The zero-order valence-electron chi connectivity index (χ0n) is 17.5. The van der Waals surface area contributed by atoms with Crippen LogP contribution >= 0.6 is 0 Å². The number of rotatable bonds is 5. The number of carbonyl (C=O) groups excluding carboxylic acids is 1. The third-order valence-electron chi connectivity index (χ3n) is 5.71. The van der Waals surface area contributed by atoms with Crippen molar-refractivity contribution in [2.24, 2.45) is 4.99 Å². The molecule has 1 aromatic heterocycles. The molecule has 0 unspecified atom stereocenters. The molecule has 1 amide bonds. The van der Waals surface area contributed by atoms with Crippen molar-refractivity contribution in [2.45, 2.75) is 19.3 Å². The van der Waals surface area contributed by atoms with Crippen molar-refractivity contribution in [1.29, 1.82) is 0 Å². The molecule has 0 spiro atoms. The number of carbonyl (C=O) groups is 1. The van der Waals surface area contributed by atoms with Crippen LogP contribution in [0.4, 0.5) is 11.4 Å². The molecule has 3 aromatic rings. The number of likely N-dealkylation sites (tertiary alicyclic amines) is 1. The van der Waals surface area contributed by atoms with Crippen LogP contribution in [0, 0.1) is 0 Å². The number of H-pyrrole nitrogens is 1. The summed E-state index contributed by atoms with van der Waals surface area (Å²) in [6.07, 6.45) is 5.09. The van der Waals surface area contributed by atoms with E-state index in [9.17, 15) is 14.7 Å². The molecule has 0 saturated carbocycles. The van der Waals surface area contributed by atoms with Crippen molar-refractivity contribution in [1.82, 2.24) is 9.88 Å². The number of aromatic nitrogens is 1. The smallest absolute Gasteiger partial charge is 0.258 e. The summed E-state index contributed by atoms with van der Waals surface area (Å²) in [5, 5.41) is 11.3. The Kier molecular flexibility index (Phi) is 6.13. The standard InChI is InChI=1S/C24H26N4O3/c1-27(22(29)16-28-13-5-2-6-14-28)18-11-9-17(10-12-18)25-15-21-19-7-3-4-8-20(19)23(30)26-24(21)31/h3-4,7-12,15H,2,5-6,13-14,16H2,1H3,(H2,26,30,31). The fraction of sp³-hybridized carbons (Fsp3) is 0.292. The van der Waals surface area contributed by atoms with Gasteiger partial charge in [-0.15, -0.1) is 0 Å². The van der Waals surface area contributed by atoms with Crippen LogP contribution in [0.3, 0.4) is 0 Å². The SMILES string of the molecule is CN(C(=O)CN1CCCCC1)c1ccc(N=Cc2c(O)[nH]c(=O)c3ccccc23)cc1. The van der Waals surface area contributed by atoms with Gasteiger partial charge in [-0.25, -0.2) is 0 Å². The Morgan fingerprint density at radius 2 is 1.77 bits per heavy atom. The molecule has 0 aliphatic carbocycles.